The smallest absolute Gasteiger partial charge is 0.417 e. The van der Waals surface area contributed by atoms with Crippen molar-refractivity contribution in [3.05, 3.63) is 64.4 Å². The summed E-state index contributed by atoms with van der Waals surface area (Å²) in [6.07, 6.45) is -3.60. The molecule has 2 aliphatic rings. The number of carbonyl (C=O) groups excluding carboxylic acids is 1. The van der Waals surface area contributed by atoms with Gasteiger partial charge in [0.1, 0.15) is 6.10 Å². The van der Waals surface area contributed by atoms with Crippen molar-refractivity contribution >= 4 is 33.4 Å². The van der Waals surface area contributed by atoms with Gasteiger partial charge >= 0.3 is 12.3 Å². The Hall–Kier alpha value is -3.18. The SMILES string of the molecule is O=C1OC(CNCS(=O)C2CC2)CN1c1ccc2cc(-c3ccccc3C(F)(F)F)[nH]c(=O)c2c1. The molecule has 2 atom stereocenters. The molecule has 1 aliphatic carbocycles. The Bertz CT molecular complexity index is 1370. The third kappa shape index (κ3) is 4.96. The molecule has 0 radical (unpaired) electrons. The third-order valence-corrected chi connectivity index (χ3v) is 7.75. The molecule has 2 N–H and O–H groups in total. The van der Waals surface area contributed by atoms with E-state index in [9.17, 15) is 27.0 Å². The molecule has 5 rings (SSSR count). The molecular formula is C24H22F3N3O4S. The van der Waals surface area contributed by atoms with Gasteiger partial charge in [0, 0.05) is 44.9 Å². The summed E-state index contributed by atoms with van der Waals surface area (Å²) in [5.74, 6) is 0.351. The molecular weight excluding hydrogens is 483 g/mol. The zero-order valence-corrected chi connectivity index (χ0v) is 19.2. The Kier molecular flexibility index (Phi) is 6.14. The molecule has 0 bridgehead atoms. The number of hydrogen-bond acceptors (Lipinski definition) is 5. The van der Waals surface area contributed by atoms with Crippen molar-refractivity contribution in [1.29, 1.82) is 0 Å². The summed E-state index contributed by atoms with van der Waals surface area (Å²) in [5.41, 5.74) is -1.03. The predicted octanol–water partition coefficient (Wildman–Crippen LogP) is 4.00. The fourth-order valence-corrected chi connectivity index (χ4v) is 5.35. The number of halogens is 3. The molecule has 2 aromatic carbocycles. The lowest BCUT2D eigenvalue weighted by Gasteiger charge is -2.15. The van der Waals surface area contributed by atoms with Crippen molar-refractivity contribution in [3.63, 3.8) is 0 Å². The number of nitrogens with zero attached hydrogens (tertiary/aromatic N) is 1. The largest absolute Gasteiger partial charge is 0.443 e. The van der Waals surface area contributed by atoms with Crippen LogP contribution in [-0.2, 0) is 21.7 Å². The number of ether oxygens (including phenoxy) is 1. The maximum Gasteiger partial charge on any atom is 0.417 e. The number of pyridine rings is 1. The standard InChI is InChI=1S/C24H22F3N3O4S/c25-24(26,27)20-4-2-1-3-18(20)21-9-14-5-6-15(10-19(14)22(31)29-21)30-12-16(34-23(30)32)11-28-13-35(33)17-7-8-17/h1-6,9-10,16-17,28H,7-8,11-13H2,(H,29,31). The van der Waals surface area contributed by atoms with Crippen molar-refractivity contribution in [2.45, 2.75) is 30.4 Å². The molecule has 0 spiro atoms. The Morgan fingerprint density at radius 1 is 1.11 bits per heavy atom. The van der Waals surface area contributed by atoms with Gasteiger partial charge in [-0.15, -0.1) is 0 Å². The maximum absolute atomic E-state index is 13.4. The van der Waals surface area contributed by atoms with Gasteiger partial charge in [-0.3, -0.25) is 13.9 Å². The molecule has 2 unspecified atom stereocenters. The lowest BCUT2D eigenvalue weighted by molar-refractivity contribution is -0.137. The summed E-state index contributed by atoms with van der Waals surface area (Å²) in [7, 11) is -0.921. The summed E-state index contributed by atoms with van der Waals surface area (Å²) >= 11 is 0. The first-order valence-electron chi connectivity index (χ1n) is 11.1. The minimum atomic E-state index is -4.57. The summed E-state index contributed by atoms with van der Waals surface area (Å²) in [6.45, 7) is 0.610. The van der Waals surface area contributed by atoms with Gasteiger partial charge in [-0.2, -0.15) is 13.2 Å². The average molecular weight is 506 g/mol. The van der Waals surface area contributed by atoms with Crippen molar-refractivity contribution in [3.8, 4) is 11.3 Å². The molecule has 1 saturated heterocycles. The summed E-state index contributed by atoms with van der Waals surface area (Å²) in [4.78, 5) is 29.2. The Labute approximate surface area is 200 Å². The predicted molar refractivity (Wildman–Crippen MR) is 127 cm³/mol. The van der Waals surface area contributed by atoms with Crippen LogP contribution in [0.2, 0.25) is 0 Å². The zero-order chi connectivity index (χ0) is 24.7. The summed E-state index contributed by atoms with van der Waals surface area (Å²) < 4.78 is 57.6. The van der Waals surface area contributed by atoms with Gasteiger partial charge in [0.15, 0.2) is 0 Å². The van der Waals surface area contributed by atoms with E-state index in [0.29, 0.717) is 23.5 Å². The highest BCUT2D eigenvalue weighted by Gasteiger charge is 2.35. The molecule has 3 aromatic rings. The Balaban J connectivity index is 1.36. The number of aromatic nitrogens is 1. The van der Waals surface area contributed by atoms with E-state index < -0.39 is 40.3 Å². The Morgan fingerprint density at radius 2 is 1.89 bits per heavy atom. The lowest BCUT2D eigenvalue weighted by atomic mass is 10.0. The quantitative estimate of drug-likeness (QED) is 0.507. The van der Waals surface area contributed by atoms with Crippen LogP contribution in [0.15, 0.2) is 53.3 Å². The van der Waals surface area contributed by atoms with E-state index in [4.69, 9.17) is 4.74 Å². The van der Waals surface area contributed by atoms with Crippen molar-refractivity contribution in [1.82, 2.24) is 10.3 Å². The fourth-order valence-electron chi connectivity index (χ4n) is 4.13. The third-order valence-electron chi connectivity index (χ3n) is 6.05. The second-order valence-corrected chi connectivity index (χ2v) is 10.3. The normalized spacial score (nSPS) is 19.2. The van der Waals surface area contributed by atoms with Crippen LogP contribution in [0, 0.1) is 0 Å². The minimum Gasteiger partial charge on any atom is -0.443 e. The second-order valence-electron chi connectivity index (χ2n) is 8.62. The van der Waals surface area contributed by atoms with E-state index in [1.807, 2.05) is 0 Å². The van der Waals surface area contributed by atoms with E-state index in [2.05, 4.69) is 10.3 Å². The zero-order valence-electron chi connectivity index (χ0n) is 18.4. The Morgan fingerprint density at radius 3 is 2.63 bits per heavy atom. The maximum atomic E-state index is 13.4. The number of anilines is 1. The molecule has 35 heavy (non-hydrogen) atoms. The highest BCUT2D eigenvalue weighted by Crippen LogP contribution is 2.36. The monoisotopic (exact) mass is 505 g/mol. The summed E-state index contributed by atoms with van der Waals surface area (Å²) in [6, 6.07) is 11.3. The number of cyclic esters (lactones) is 1. The van der Waals surface area contributed by atoms with Crippen molar-refractivity contribution in [2.75, 3.05) is 23.9 Å². The molecule has 7 nitrogen and oxygen atoms in total. The number of aromatic amines is 1. The number of alkyl halides is 3. The van der Waals surface area contributed by atoms with Crippen LogP contribution in [-0.4, -0.2) is 45.6 Å². The number of nitrogens with one attached hydrogen (secondary N) is 2. The van der Waals surface area contributed by atoms with Gasteiger partial charge in [0.25, 0.3) is 5.56 Å². The van der Waals surface area contributed by atoms with E-state index in [1.54, 1.807) is 12.1 Å². The highest BCUT2D eigenvalue weighted by atomic mass is 32.2. The molecule has 184 valence electrons. The van der Waals surface area contributed by atoms with Crippen LogP contribution >= 0.6 is 0 Å². The molecule has 1 aromatic heterocycles. The first kappa shape index (κ1) is 23.6. The number of amides is 1. The topological polar surface area (TPSA) is 91.5 Å². The van der Waals surface area contributed by atoms with Gasteiger partial charge in [0.05, 0.1) is 18.0 Å². The molecule has 1 saturated carbocycles. The number of rotatable bonds is 7. The lowest BCUT2D eigenvalue weighted by Crippen LogP contribution is -2.33. The fraction of sp³-hybridized carbons (Fsp3) is 0.333. The van der Waals surface area contributed by atoms with E-state index >= 15 is 0 Å². The summed E-state index contributed by atoms with van der Waals surface area (Å²) in [5, 5.41) is 4.03. The number of carbonyl (C=O) groups is 1. The van der Waals surface area contributed by atoms with E-state index in [0.717, 1.165) is 18.9 Å². The average Bonchev–Trinajstić information content (AvgIpc) is 3.61. The van der Waals surface area contributed by atoms with Crippen molar-refractivity contribution in [2.24, 2.45) is 0 Å². The number of benzene rings is 2. The minimum absolute atomic E-state index is 0.0541. The van der Waals surface area contributed by atoms with Crippen LogP contribution in [0.25, 0.3) is 22.0 Å². The first-order valence-corrected chi connectivity index (χ1v) is 12.5. The van der Waals surface area contributed by atoms with E-state index in [1.165, 1.54) is 35.2 Å². The van der Waals surface area contributed by atoms with Crippen LogP contribution in [0.5, 0.6) is 0 Å². The number of hydrogen-bond donors (Lipinski definition) is 2. The first-order chi connectivity index (χ1) is 16.7. The number of H-pyrrole nitrogens is 1. The van der Waals surface area contributed by atoms with Gasteiger partial charge < -0.3 is 15.0 Å². The molecule has 2 heterocycles. The van der Waals surface area contributed by atoms with Crippen molar-refractivity contribution < 1.29 is 26.9 Å². The van der Waals surface area contributed by atoms with Gasteiger partial charge in [-0.25, -0.2) is 4.79 Å². The van der Waals surface area contributed by atoms with Crippen LogP contribution in [0.1, 0.15) is 18.4 Å². The van der Waals surface area contributed by atoms with Crippen LogP contribution < -0.4 is 15.8 Å². The van der Waals surface area contributed by atoms with Gasteiger partial charge in [-0.05, 0) is 42.5 Å². The second kappa shape index (κ2) is 9.12. The molecule has 1 aliphatic heterocycles. The molecule has 2 fully saturated rings. The van der Waals surface area contributed by atoms with Gasteiger partial charge in [0.2, 0.25) is 0 Å². The molecule has 11 heteroatoms. The highest BCUT2D eigenvalue weighted by molar-refractivity contribution is 7.85. The number of fused-ring (bicyclic) bond motifs is 1. The van der Waals surface area contributed by atoms with Gasteiger partial charge in [-0.1, -0.05) is 24.3 Å². The van der Waals surface area contributed by atoms with Crippen LogP contribution in [0.4, 0.5) is 23.7 Å². The van der Waals surface area contributed by atoms with Crippen LogP contribution in [0.3, 0.4) is 0 Å². The van der Waals surface area contributed by atoms with E-state index in [-0.39, 0.29) is 28.4 Å². The molecule has 1 amide bonds.